The third-order valence-electron chi connectivity index (χ3n) is 3.89. The first-order valence-electron chi connectivity index (χ1n) is 7.56. The van der Waals surface area contributed by atoms with Gasteiger partial charge in [-0.05, 0) is 42.0 Å². The van der Waals surface area contributed by atoms with Crippen molar-refractivity contribution in [3.8, 4) is 5.75 Å². The number of phenolic OH excluding ortho intramolecular Hbond substituents is 1. The van der Waals surface area contributed by atoms with Crippen LogP contribution < -0.4 is 16.0 Å². The Morgan fingerprint density at radius 1 is 1.20 bits per heavy atom. The van der Waals surface area contributed by atoms with Crippen molar-refractivity contribution in [3.63, 3.8) is 0 Å². The summed E-state index contributed by atoms with van der Waals surface area (Å²) in [4.78, 5) is 24.5. The number of benzene rings is 2. The molecule has 6 nitrogen and oxygen atoms in total. The largest absolute Gasteiger partial charge is 0.508 e. The number of carbonyl (C=O) groups is 2. The molecular weight excluding hydrogens is 325 g/mol. The van der Waals surface area contributed by atoms with Crippen molar-refractivity contribution >= 4 is 17.6 Å². The van der Waals surface area contributed by atoms with E-state index in [4.69, 9.17) is 0 Å². The molecule has 1 heterocycles. The van der Waals surface area contributed by atoms with E-state index in [-0.39, 0.29) is 11.4 Å². The first kappa shape index (κ1) is 16.5. The zero-order chi connectivity index (χ0) is 18.0. The summed E-state index contributed by atoms with van der Waals surface area (Å²) in [5.74, 6) is -1.62. The molecular formula is C18H16FN3O3. The number of carbonyl (C=O) groups excluding carboxylic acids is 2. The predicted molar refractivity (Wildman–Crippen MR) is 90.2 cm³/mol. The second-order valence-corrected chi connectivity index (χ2v) is 5.67. The van der Waals surface area contributed by atoms with Crippen LogP contribution in [0.25, 0.3) is 0 Å². The maximum absolute atomic E-state index is 13.0. The highest BCUT2D eigenvalue weighted by Gasteiger charge is 2.37. The van der Waals surface area contributed by atoms with E-state index in [1.807, 2.05) is 0 Å². The highest BCUT2D eigenvalue weighted by atomic mass is 19.1. The molecule has 1 fully saturated rings. The maximum atomic E-state index is 13.0. The van der Waals surface area contributed by atoms with Gasteiger partial charge in [-0.1, -0.05) is 18.7 Å². The van der Waals surface area contributed by atoms with Gasteiger partial charge in [0.05, 0.1) is 6.04 Å². The van der Waals surface area contributed by atoms with Crippen LogP contribution in [0.15, 0.2) is 60.8 Å². The second kappa shape index (κ2) is 6.64. The van der Waals surface area contributed by atoms with E-state index in [2.05, 4.69) is 22.5 Å². The lowest BCUT2D eigenvalue weighted by atomic mass is 9.88. The Balaban J connectivity index is 1.89. The Labute approximate surface area is 143 Å². The fourth-order valence-electron chi connectivity index (χ4n) is 2.74. The molecule has 2 atom stereocenters. The SMILES string of the molecule is C=C1NC(=O)N[C@H](c2cccc(O)c2)[C@@H]1C(=O)Nc1ccc(F)cc1. The lowest BCUT2D eigenvalue weighted by molar-refractivity contribution is -0.119. The molecule has 4 N–H and O–H groups in total. The molecule has 1 aliphatic heterocycles. The summed E-state index contributed by atoms with van der Waals surface area (Å²) < 4.78 is 13.0. The van der Waals surface area contributed by atoms with Crippen LogP contribution in [0.4, 0.5) is 14.9 Å². The first-order valence-corrected chi connectivity index (χ1v) is 7.56. The minimum atomic E-state index is -0.815. The van der Waals surface area contributed by atoms with E-state index >= 15 is 0 Å². The molecule has 0 aliphatic carbocycles. The zero-order valence-corrected chi connectivity index (χ0v) is 13.1. The third kappa shape index (κ3) is 3.60. The van der Waals surface area contributed by atoms with Gasteiger partial charge in [0.15, 0.2) is 0 Å². The number of hydrogen-bond acceptors (Lipinski definition) is 3. The van der Waals surface area contributed by atoms with Crippen molar-refractivity contribution < 1.29 is 19.1 Å². The first-order chi connectivity index (χ1) is 11.9. The minimum Gasteiger partial charge on any atom is -0.508 e. The van der Waals surface area contributed by atoms with E-state index < -0.39 is 29.7 Å². The van der Waals surface area contributed by atoms with Gasteiger partial charge in [-0.2, -0.15) is 0 Å². The number of phenols is 1. The summed E-state index contributed by atoms with van der Waals surface area (Å²) in [6.07, 6.45) is 0. The average molecular weight is 341 g/mol. The van der Waals surface area contributed by atoms with Crippen LogP contribution in [-0.4, -0.2) is 17.0 Å². The van der Waals surface area contributed by atoms with Gasteiger partial charge in [0.2, 0.25) is 5.91 Å². The molecule has 1 saturated heterocycles. The molecule has 0 spiro atoms. The van der Waals surface area contributed by atoms with Gasteiger partial charge in [-0.25, -0.2) is 9.18 Å². The van der Waals surface area contributed by atoms with Crippen LogP contribution in [0.1, 0.15) is 11.6 Å². The minimum absolute atomic E-state index is 0.0218. The Morgan fingerprint density at radius 3 is 2.60 bits per heavy atom. The fourth-order valence-corrected chi connectivity index (χ4v) is 2.74. The Bertz CT molecular complexity index is 836. The molecule has 2 aromatic carbocycles. The van der Waals surface area contributed by atoms with Crippen LogP contribution >= 0.6 is 0 Å². The number of urea groups is 1. The highest BCUT2D eigenvalue weighted by molar-refractivity contribution is 5.97. The average Bonchev–Trinajstić information content (AvgIpc) is 2.56. The zero-order valence-electron chi connectivity index (χ0n) is 13.1. The van der Waals surface area contributed by atoms with Gasteiger partial charge >= 0.3 is 6.03 Å². The number of halogens is 1. The lowest BCUT2D eigenvalue weighted by Crippen LogP contribution is -2.51. The molecule has 0 unspecified atom stereocenters. The quantitative estimate of drug-likeness (QED) is 0.692. The number of aromatic hydroxyl groups is 1. The van der Waals surface area contributed by atoms with E-state index in [0.717, 1.165) is 0 Å². The molecule has 0 saturated carbocycles. The van der Waals surface area contributed by atoms with Crippen molar-refractivity contribution in [2.75, 3.05) is 5.32 Å². The van der Waals surface area contributed by atoms with Gasteiger partial charge in [0.1, 0.15) is 17.5 Å². The number of amides is 3. The van der Waals surface area contributed by atoms with Crippen molar-refractivity contribution in [1.82, 2.24) is 10.6 Å². The molecule has 25 heavy (non-hydrogen) atoms. The number of anilines is 1. The molecule has 0 bridgehead atoms. The molecule has 0 aromatic heterocycles. The van der Waals surface area contributed by atoms with Gasteiger partial charge < -0.3 is 21.1 Å². The van der Waals surface area contributed by atoms with E-state index in [1.165, 1.54) is 36.4 Å². The number of nitrogens with one attached hydrogen (secondary N) is 3. The molecule has 3 amide bonds. The normalized spacial score (nSPS) is 19.7. The van der Waals surface area contributed by atoms with Gasteiger partial charge in [0.25, 0.3) is 0 Å². The third-order valence-corrected chi connectivity index (χ3v) is 3.89. The Morgan fingerprint density at radius 2 is 1.92 bits per heavy atom. The summed E-state index contributed by atoms with van der Waals surface area (Å²) in [6.45, 7) is 3.77. The van der Waals surface area contributed by atoms with Crippen LogP contribution in [0, 0.1) is 11.7 Å². The van der Waals surface area contributed by atoms with Crippen LogP contribution in [0.5, 0.6) is 5.75 Å². The molecule has 7 heteroatoms. The highest BCUT2D eigenvalue weighted by Crippen LogP contribution is 2.31. The van der Waals surface area contributed by atoms with Gasteiger partial charge in [0, 0.05) is 11.4 Å². The van der Waals surface area contributed by atoms with Gasteiger partial charge in [-0.3, -0.25) is 4.79 Å². The molecule has 0 radical (unpaired) electrons. The summed E-state index contributed by atoms with van der Waals surface area (Å²) in [6, 6.07) is 10.4. The van der Waals surface area contributed by atoms with Crippen molar-refractivity contribution in [2.45, 2.75) is 6.04 Å². The monoisotopic (exact) mass is 341 g/mol. The standard InChI is InChI=1S/C18H16FN3O3/c1-10-15(17(24)21-13-7-5-12(19)6-8-13)16(22-18(25)20-10)11-3-2-4-14(23)9-11/h2-9,15-16,23H,1H2,(H,21,24)(H2,20,22,25)/t15-,16-/m1/s1. The number of hydrogen-bond donors (Lipinski definition) is 4. The van der Waals surface area contributed by atoms with Crippen LogP contribution in [-0.2, 0) is 4.79 Å². The number of rotatable bonds is 3. The van der Waals surface area contributed by atoms with Crippen molar-refractivity contribution in [3.05, 3.63) is 72.2 Å². The summed E-state index contributed by atoms with van der Waals surface area (Å²) in [7, 11) is 0. The second-order valence-electron chi connectivity index (χ2n) is 5.67. The Kier molecular flexibility index (Phi) is 4.38. The molecule has 128 valence electrons. The lowest BCUT2D eigenvalue weighted by Gasteiger charge is -2.33. The summed E-state index contributed by atoms with van der Waals surface area (Å²) in [5.41, 5.74) is 1.22. The summed E-state index contributed by atoms with van der Waals surface area (Å²) in [5, 5.41) is 17.5. The molecule has 3 rings (SSSR count). The summed E-state index contributed by atoms with van der Waals surface area (Å²) >= 11 is 0. The van der Waals surface area contributed by atoms with Gasteiger partial charge in [-0.15, -0.1) is 0 Å². The van der Waals surface area contributed by atoms with Crippen LogP contribution in [0.3, 0.4) is 0 Å². The Hall–Kier alpha value is -3.35. The fraction of sp³-hybridized carbons (Fsp3) is 0.111. The van der Waals surface area contributed by atoms with Crippen LogP contribution in [0.2, 0.25) is 0 Å². The van der Waals surface area contributed by atoms with E-state index in [9.17, 15) is 19.1 Å². The predicted octanol–water partition coefficient (Wildman–Crippen LogP) is 2.65. The van der Waals surface area contributed by atoms with Crippen molar-refractivity contribution in [2.24, 2.45) is 5.92 Å². The molecule has 1 aliphatic rings. The smallest absolute Gasteiger partial charge is 0.319 e. The van der Waals surface area contributed by atoms with Crippen molar-refractivity contribution in [1.29, 1.82) is 0 Å². The maximum Gasteiger partial charge on any atom is 0.319 e. The topological polar surface area (TPSA) is 90.5 Å². The van der Waals surface area contributed by atoms with E-state index in [0.29, 0.717) is 11.3 Å². The molecule has 2 aromatic rings. The van der Waals surface area contributed by atoms with E-state index in [1.54, 1.807) is 12.1 Å².